The maximum absolute atomic E-state index is 12.2. The molecule has 4 heteroatoms. The molecule has 2 N–H and O–H groups in total. The zero-order valence-electron chi connectivity index (χ0n) is 23.2. The number of rotatable bonds is 7. The quantitative estimate of drug-likeness (QED) is 0.405. The second-order valence-electron chi connectivity index (χ2n) is 13.0. The number of amides is 1. The number of carbonyl (C=O) groups excluding carboxylic acids is 1. The van der Waals surface area contributed by atoms with Crippen LogP contribution < -0.4 is 5.32 Å². The smallest absolute Gasteiger partial charge is 0.303 e. The van der Waals surface area contributed by atoms with Gasteiger partial charge < -0.3 is 10.4 Å². The molecule has 4 fully saturated rings. The molecular formula is C30H53NO3. The van der Waals surface area contributed by atoms with Gasteiger partial charge in [-0.1, -0.05) is 67.7 Å². The van der Waals surface area contributed by atoms with Gasteiger partial charge in [0.05, 0.1) is 0 Å². The van der Waals surface area contributed by atoms with Gasteiger partial charge in [0.25, 0.3) is 0 Å². The van der Waals surface area contributed by atoms with Gasteiger partial charge in [0, 0.05) is 18.9 Å². The van der Waals surface area contributed by atoms with E-state index in [9.17, 15) is 14.7 Å². The Labute approximate surface area is 209 Å². The average Bonchev–Trinajstić information content (AvgIpc) is 3.13. The first-order valence-corrected chi connectivity index (χ1v) is 14.6. The molecule has 4 nitrogen and oxygen atoms in total. The zero-order chi connectivity index (χ0) is 25.3. The van der Waals surface area contributed by atoms with E-state index in [0.29, 0.717) is 29.6 Å². The fraction of sp³-hybridized carbons (Fsp3) is 0.933. The standard InChI is InChI=1S/C28H47NO3.C2H6/c1-17(2)7-6-8-18(3)20-9-10-21-26-19(16-25(31)32)15-23-28(5,14-12-24(30)29-23)22(26)11-13-27(20,21)4;1-2/h17-23,26H,6-16H2,1-5H3,(H,29,30)(H,31,32);1-2H3. The first-order valence-electron chi connectivity index (χ1n) is 14.6. The van der Waals surface area contributed by atoms with Crippen molar-refractivity contribution in [3.05, 3.63) is 0 Å². The predicted molar refractivity (Wildman–Crippen MR) is 139 cm³/mol. The molecular weight excluding hydrogens is 422 g/mol. The molecule has 1 saturated heterocycles. The molecule has 34 heavy (non-hydrogen) atoms. The van der Waals surface area contributed by atoms with Crippen LogP contribution in [0.2, 0.25) is 0 Å². The summed E-state index contributed by atoms with van der Waals surface area (Å²) in [5.74, 6) is 3.75. The van der Waals surface area contributed by atoms with Gasteiger partial charge in [-0.05, 0) is 90.8 Å². The maximum atomic E-state index is 12.2. The summed E-state index contributed by atoms with van der Waals surface area (Å²) < 4.78 is 0. The molecule has 196 valence electrons. The van der Waals surface area contributed by atoms with Crippen LogP contribution in [-0.2, 0) is 9.59 Å². The number of piperidine rings is 1. The molecule has 4 aliphatic rings. The van der Waals surface area contributed by atoms with E-state index in [1.54, 1.807) is 0 Å². The number of carboxylic acids is 1. The van der Waals surface area contributed by atoms with Gasteiger partial charge in [-0.15, -0.1) is 0 Å². The number of aliphatic carboxylic acids is 1. The number of fused-ring (bicyclic) bond motifs is 5. The third-order valence-corrected chi connectivity index (χ3v) is 10.9. The first-order chi connectivity index (χ1) is 16.1. The lowest BCUT2D eigenvalue weighted by Gasteiger charge is -2.62. The van der Waals surface area contributed by atoms with Gasteiger partial charge in [-0.2, -0.15) is 0 Å². The fourth-order valence-electron chi connectivity index (χ4n) is 9.31. The SMILES string of the molecule is CC.CC(C)CCCC(C)C1CCC2C3C(CC(=O)O)CC4NC(=O)CCC4(C)C3CCC12C. The molecule has 3 aliphatic carbocycles. The van der Waals surface area contributed by atoms with Gasteiger partial charge in [0.15, 0.2) is 0 Å². The Kier molecular flexibility index (Phi) is 8.83. The molecule has 3 saturated carbocycles. The van der Waals surface area contributed by atoms with Crippen LogP contribution in [-0.4, -0.2) is 23.0 Å². The summed E-state index contributed by atoms with van der Waals surface area (Å²) in [6.07, 6.45) is 11.8. The van der Waals surface area contributed by atoms with Crippen molar-refractivity contribution in [1.29, 1.82) is 0 Å². The maximum Gasteiger partial charge on any atom is 0.303 e. The topological polar surface area (TPSA) is 66.4 Å². The van der Waals surface area contributed by atoms with Crippen molar-refractivity contribution in [1.82, 2.24) is 5.32 Å². The van der Waals surface area contributed by atoms with Crippen molar-refractivity contribution < 1.29 is 14.7 Å². The van der Waals surface area contributed by atoms with Crippen molar-refractivity contribution in [3.8, 4) is 0 Å². The monoisotopic (exact) mass is 475 g/mol. The molecule has 9 atom stereocenters. The Morgan fingerprint density at radius 2 is 1.71 bits per heavy atom. The highest BCUT2D eigenvalue weighted by Gasteiger charge is 2.63. The summed E-state index contributed by atoms with van der Waals surface area (Å²) in [5.41, 5.74) is 0.492. The number of hydrogen-bond acceptors (Lipinski definition) is 2. The van der Waals surface area contributed by atoms with E-state index in [0.717, 1.165) is 30.6 Å². The van der Waals surface area contributed by atoms with Crippen LogP contribution in [0.4, 0.5) is 0 Å². The summed E-state index contributed by atoms with van der Waals surface area (Å²) in [6, 6.07) is 0.158. The van der Waals surface area contributed by atoms with E-state index in [1.807, 2.05) is 13.8 Å². The van der Waals surface area contributed by atoms with Crippen molar-refractivity contribution in [2.75, 3.05) is 0 Å². The highest BCUT2D eigenvalue weighted by Crippen LogP contribution is 2.68. The van der Waals surface area contributed by atoms with Gasteiger partial charge in [-0.25, -0.2) is 0 Å². The van der Waals surface area contributed by atoms with Crippen LogP contribution in [0.25, 0.3) is 0 Å². The average molecular weight is 476 g/mol. The molecule has 1 aliphatic heterocycles. The molecule has 0 bridgehead atoms. The lowest BCUT2D eigenvalue weighted by atomic mass is 9.44. The minimum atomic E-state index is -0.664. The first kappa shape index (κ1) is 27.5. The number of hydrogen-bond donors (Lipinski definition) is 2. The van der Waals surface area contributed by atoms with Crippen molar-refractivity contribution in [2.45, 2.75) is 125 Å². The molecule has 0 spiro atoms. The number of carboxylic acid groups (broad SMARTS) is 1. The summed E-state index contributed by atoms with van der Waals surface area (Å²) in [6.45, 7) is 16.1. The van der Waals surface area contributed by atoms with E-state index in [2.05, 4.69) is 39.9 Å². The number of carbonyl (C=O) groups is 2. The summed E-state index contributed by atoms with van der Waals surface area (Å²) in [7, 11) is 0. The third kappa shape index (κ3) is 5.07. The molecule has 1 heterocycles. The Balaban J connectivity index is 0.00000158. The van der Waals surface area contributed by atoms with Crippen LogP contribution in [0, 0.1) is 52.3 Å². The highest BCUT2D eigenvalue weighted by atomic mass is 16.4. The van der Waals surface area contributed by atoms with Gasteiger partial charge >= 0.3 is 5.97 Å². The Morgan fingerprint density at radius 3 is 2.35 bits per heavy atom. The summed E-state index contributed by atoms with van der Waals surface area (Å²) in [5, 5.41) is 13.1. The Bertz CT molecular complexity index is 720. The predicted octanol–water partition coefficient (Wildman–Crippen LogP) is 7.31. The lowest BCUT2D eigenvalue weighted by molar-refractivity contribution is -0.154. The van der Waals surface area contributed by atoms with Crippen molar-refractivity contribution >= 4 is 11.9 Å². The second kappa shape index (κ2) is 10.9. The highest BCUT2D eigenvalue weighted by molar-refractivity contribution is 5.77. The molecule has 9 unspecified atom stereocenters. The minimum Gasteiger partial charge on any atom is -0.481 e. The largest absolute Gasteiger partial charge is 0.481 e. The van der Waals surface area contributed by atoms with Crippen LogP contribution in [0.1, 0.15) is 119 Å². The molecule has 0 radical (unpaired) electrons. The Morgan fingerprint density at radius 1 is 1.03 bits per heavy atom. The van der Waals surface area contributed by atoms with E-state index in [4.69, 9.17) is 0 Å². The zero-order valence-corrected chi connectivity index (χ0v) is 23.2. The van der Waals surface area contributed by atoms with Crippen LogP contribution in [0.3, 0.4) is 0 Å². The molecule has 0 aromatic carbocycles. The van der Waals surface area contributed by atoms with E-state index < -0.39 is 5.97 Å². The molecule has 1 amide bonds. The van der Waals surface area contributed by atoms with Crippen molar-refractivity contribution in [2.24, 2.45) is 52.3 Å². The van der Waals surface area contributed by atoms with E-state index in [1.165, 1.54) is 44.9 Å². The van der Waals surface area contributed by atoms with Crippen LogP contribution in [0.15, 0.2) is 0 Å². The normalized spacial score (nSPS) is 41.9. The fourth-order valence-corrected chi connectivity index (χ4v) is 9.31. The lowest BCUT2D eigenvalue weighted by Crippen LogP contribution is -2.63. The third-order valence-electron chi connectivity index (χ3n) is 10.9. The second-order valence-corrected chi connectivity index (χ2v) is 13.0. The Hall–Kier alpha value is -1.06. The van der Waals surface area contributed by atoms with Gasteiger partial charge in [-0.3, -0.25) is 9.59 Å². The van der Waals surface area contributed by atoms with Crippen LogP contribution >= 0.6 is 0 Å². The van der Waals surface area contributed by atoms with E-state index >= 15 is 0 Å². The van der Waals surface area contributed by atoms with E-state index in [-0.39, 0.29) is 29.7 Å². The molecule has 4 rings (SSSR count). The van der Waals surface area contributed by atoms with Crippen molar-refractivity contribution in [3.63, 3.8) is 0 Å². The van der Waals surface area contributed by atoms with Crippen LogP contribution in [0.5, 0.6) is 0 Å². The summed E-state index contributed by atoms with van der Waals surface area (Å²) >= 11 is 0. The minimum absolute atomic E-state index is 0.135. The van der Waals surface area contributed by atoms with Gasteiger partial charge in [0.2, 0.25) is 5.91 Å². The summed E-state index contributed by atoms with van der Waals surface area (Å²) in [4.78, 5) is 24.1. The molecule has 0 aromatic heterocycles. The molecule has 0 aromatic rings. The van der Waals surface area contributed by atoms with Gasteiger partial charge in [0.1, 0.15) is 0 Å². The number of nitrogens with one attached hydrogen (secondary N) is 1.